The Bertz CT molecular complexity index is 568. The zero-order valence-corrected chi connectivity index (χ0v) is 14.6. The summed E-state index contributed by atoms with van der Waals surface area (Å²) in [6, 6.07) is -0.0909. The van der Waals surface area contributed by atoms with Crippen molar-refractivity contribution in [2.24, 2.45) is 11.3 Å². The van der Waals surface area contributed by atoms with Gasteiger partial charge in [-0.2, -0.15) is 0 Å². The lowest BCUT2D eigenvalue weighted by atomic mass is 9.88. The molecule has 0 aromatic carbocycles. The first-order chi connectivity index (χ1) is 10.6. The van der Waals surface area contributed by atoms with Crippen LogP contribution in [0, 0.1) is 11.3 Å². The van der Waals surface area contributed by atoms with Gasteiger partial charge in [-0.1, -0.05) is 6.92 Å². The molecule has 0 aromatic rings. The Morgan fingerprint density at radius 1 is 1.26 bits per heavy atom. The summed E-state index contributed by atoms with van der Waals surface area (Å²) < 4.78 is 27.0. The minimum atomic E-state index is -3.68. The number of sulfonamides is 1. The number of amides is 1. The molecule has 132 valence electrons. The van der Waals surface area contributed by atoms with Crippen molar-refractivity contribution in [3.8, 4) is 0 Å². The summed E-state index contributed by atoms with van der Waals surface area (Å²) in [7, 11) is -3.68. The number of nitrogens with one attached hydrogen (secondary N) is 1. The first kappa shape index (κ1) is 18.2. The number of aliphatic carboxylic acids is 1. The molecule has 0 aromatic heterocycles. The fourth-order valence-corrected chi connectivity index (χ4v) is 4.61. The number of carboxylic acids is 1. The highest BCUT2D eigenvalue weighted by atomic mass is 32.2. The third-order valence-electron chi connectivity index (χ3n) is 5.02. The molecule has 0 bridgehead atoms. The van der Waals surface area contributed by atoms with Gasteiger partial charge < -0.3 is 10.0 Å². The predicted molar refractivity (Wildman–Crippen MR) is 85.3 cm³/mol. The minimum absolute atomic E-state index is 0.0671. The molecule has 1 saturated carbocycles. The largest absolute Gasteiger partial charge is 0.481 e. The number of carboxylic acid groups (broad SMARTS) is 1. The van der Waals surface area contributed by atoms with Gasteiger partial charge in [-0.3, -0.25) is 9.59 Å². The SMILES string of the molecule is CC1CCC(NS(=O)(=O)CC(=O)N2CCC(C)(C(=O)O)C2)CC1. The van der Waals surface area contributed by atoms with Crippen molar-refractivity contribution in [2.75, 3.05) is 18.8 Å². The maximum Gasteiger partial charge on any atom is 0.311 e. The van der Waals surface area contributed by atoms with Gasteiger partial charge in [0.2, 0.25) is 15.9 Å². The summed E-state index contributed by atoms with van der Waals surface area (Å²) in [6.45, 7) is 4.09. The number of carbonyl (C=O) groups is 2. The Balaban J connectivity index is 1.88. The van der Waals surface area contributed by atoms with Crippen LogP contribution >= 0.6 is 0 Å². The smallest absolute Gasteiger partial charge is 0.311 e. The van der Waals surface area contributed by atoms with Crippen molar-refractivity contribution in [1.29, 1.82) is 0 Å². The van der Waals surface area contributed by atoms with Gasteiger partial charge in [-0.05, 0) is 44.9 Å². The average Bonchev–Trinajstić information content (AvgIpc) is 2.85. The third kappa shape index (κ3) is 4.67. The highest BCUT2D eigenvalue weighted by molar-refractivity contribution is 7.90. The monoisotopic (exact) mass is 346 g/mol. The van der Waals surface area contributed by atoms with Gasteiger partial charge in [0.05, 0.1) is 5.41 Å². The van der Waals surface area contributed by atoms with E-state index in [-0.39, 0.29) is 19.1 Å². The minimum Gasteiger partial charge on any atom is -0.481 e. The lowest BCUT2D eigenvalue weighted by Crippen LogP contribution is -2.44. The molecule has 0 spiro atoms. The molecule has 0 radical (unpaired) electrons. The molecule has 2 N–H and O–H groups in total. The van der Waals surface area contributed by atoms with Crippen LogP contribution in [0.25, 0.3) is 0 Å². The molecular formula is C15H26N2O5S. The maximum atomic E-state index is 12.2. The quantitative estimate of drug-likeness (QED) is 0.766. The summed E-state index contributed by atoms with van der Waals surface area (Å²) in [5.74, 6) is -1.46. The van der Waals surface area contributed by atoms with Crippen LogP contribution in [0.4, 0.5) is 0 Å². The Morgan fingerprint density at radius 3 is 2.39 bits per heavy atom. The number of rotatable bonds is 5. The molecule has 8 heteroatoms. The summed E-state index contributed by atoms with van der Waals surface area (Å²) in [5.41, 5.74) is -0.980. The lowest BCUT2D eigenvalue weighted by molar-refractivity contribution is -0.147. The van der Waals surface area contributed by atoms with Crippen LogP contribution < -0.4 is 4.72 Å². The number of nitrogens with zero attached hydrogens (tertiary/aromatic N) is 1. The van der Waals surface area contributed by atoms with Crippen molar-refractivity contribution in [1.82, 2.24) is 9.62 Å². The Hall–Kier alpha value is -1.15. The first-order valence-electron chi connectivity index (χ1n) is 8.12. The molecule has 1 heterocycles. The van der Waals surface area contributed by atoms with Crippen LogP contribution in [0.2, 0.25) is 0 Å². The van der Waals surface area contributed by atoms with E-state index in [1.165, 1.54) is 4.90 Å². The van der Waals surface area contributed by atoms with Crippen LogP contribution in [-0.4, -0.2) is 55.2 Å². The van der Waals surface area contributed by atoms with Gasteiger partial charge in [-0.25, -0.2) is 13.1 Å². The van der Waals surface area contributed by atoms with Gasteiger partial charge in [-0.15, -0.1) is 0 Å². The Kier molecular flexibility index (Phi) is 5.35. The predicted octanol–water partition coefficient (Wildman–Crippen LogP) is 0.808. The van der Waals surface area contributed by atoms with E-state index in [1.807, 2.05) is 0 Å². The van der Waals surface area contributed by atoms with Crippen molar-refractivity contribution in [3.63, 3.8) is 0 Å². The molecule has 2 fully saturated rings. The fourth-order valence-electron chi connectivity index (χ4n) is 3.28. The average molecular weight is 346 g/mol. The van der Waals surface area contributed by atoms with E-state index in [4.69, 9.17) is 0 Å². The number of hydrogen-bond acceptors (Lipinski definition) is 4. The summed E-state index contributed by atoms with van der Waals surface area (Å²) in [5, 5.41) is 9.17. The van der Waals surface area contributed by atoms with Crippen LogP contribution in [0.15, 0.2) is 0 Å². The lowest BCUT2D eigenvalue weighted by Gasteiger charge is -2.27. The summed E-state index contributed by atoms with van der Waals surface area (Å²) in [6.07, 6.45) is 3.93. The Labute approximate surface area is 137 Å². The van der Waals surface area contributed by atoms with E-state index in [1.54, 1.807) is 6.92 Å². The number of likely N-dealkylation sites (tertiary alicyclic amines) is 1. The second-order valence-corrected chi connectivity index (χ2v) is 9.02. The van der Waals surface area contributed by atoms with Crippen LogP contribution in [0.1, 0.15) is 46.0 Å². The highest BCUT2D eigenvalue weighted by Crippen LogP contribution is 2.30. The van der Waals surface area contributed by atoms with Crippen LogP contribution in [0.3, 0.4) is 0 Å². The molecule has 1 unspecified atom stereocenters. The van der Waals surface area contributed by atoms with E-state index in [0.717, 1.165) is 25.7 Å². The molecule has 1 aliphatic heterocycles. The second-order valence-electron chi connectivity index (χ2n) is 7.26. The standard InChI is InChI=1S/C15H26N2O5S/c1-11-3-5-12(6-4-11)16-23(21,22)9-13(18)17-8-7-15(2,10-17)14(19)20/h11-12,16H,3-10H2,1-2H3,(H,19,20). The van der Waals surface area contributed by atoms with E-state index >= 15 is 0 Å². The van der Waals surface area contributed by atoms with Crippen molar-refractivity contribution in [2.45, 2.75) is 52.0 Å². The number of hydrogen-bond donors (Lipinski definition) is 2. The summed E-state index contributed by atoms with van der Waals surface area (Å²) >= 11 is 0. The second kappa shape index (κ2) is 6.76. The van der Waals surface area contributed by atoms with Gasteiger partial charge in [0.25, 0.3) is 0 Å². The Morgan fingerprint density at radius 2 is 1.87 bits per heavy atom. The molecule has 2 aliphatic rings. The molecule has 1 amide bonds. The molecule has 1 saturated heterocycles. The van der Waals surface area contributed by atoms with Crippen molar-refractivity contribution >= 4 is 21.9 Å². The van der Waals surface area contributed by atoms with E-state index in [2.05, 4.69) is 11.6 Å². The van der Waals surface area contributed by atoms with Crippen molar-refractivity contribution in [3.05, 3.63) is 0 Å². The van der Waals surface area contributed by atoms with E-state index < -0.39 is 33.1 Å². The topological polar surface area (TPSA) is 104 Å². The highest BCUT2D eigenvalue weighted by Gasteiger charge is 2.42. The van der Waals surface area contributed by atoms with E-state index in [9.17, 15) is 23.1 Å². The van der Waals surface area contributed by atoms with Crippen LogP contribution in [-0.2, 0) is 19.6 Å². The number of carbonyl (C=O) groups excluding carboxylic acids is 1. The van der Waals surface area contributed by atoms with E-state index in [0.29, 0.717) is 12.3 Å². The van der Waals surface area contributed by atoms with Gasteiger partial charge in [0.15, 0.2) is 0 Å². The summed E-state index contributed by atoms with van der Waals surface area (Å²) in [4.78, 5) is 24.7. The van der Waals surface area contributed by atoms with Crippen LogP contribution in [0.5, 0.6) is 0 Å². The molecule has 2 rings (SSSR count). The molecule has 23 heavy (non-hydrogen) atoms. The normalized spacial score (nSPS) is 32.0. The molecular weight excluding hydrogens is 320 g/mol. The van der Waals surface area contributed by atoms with Gasteiger partial charge in [0, 0.05) is 19.1 Å². The van der Waals surface area contributed by atoms with Gasteiger partial charge in [0.1, 0.15) is 5.75 Å². The third-order valence-corrected chi connectivity index (χ3v) is 6.34. The zero-order valence-electron chi connectivity index (χ0n) is 13.7. The molecule has 1 aliphatic carbocycles. The maximum absolute atomic E-state index is 12.2. The first-order valence-corrected chi connectivity index (χ1v) is 9.78. The molecule has 7 nitrogen and oxygen atoms in total. The van der Waals surface area contributed by atoms with Crippen molar-refractivity contribution < 1.29 is 23.1 Å². The fraction of sp³-hybridized carbons (Fsp3) is 0.867. The van der Waals surface area contributed by atoms with Gasteiger partial charge >= 0.3 is 5.97 Å². The molecule has 1 atom stereocenters. The zero-order chi connectivity index (χ0) is 17.3.